The van der Waals surface area contributed by atoms with Crippen LogP contribution in [0.4, 0.5) is 0 Å². The van der Waals surface area contributed by atoms with Gasteiger partial charge in [0.05, 0.1) is 13.4 Å². The Labute approximate surface area is 144 Å². The maximum Gasteiger partial charge on any atom is 0.290 e. The maximum absolute atomic E-state index is 12.6. The smallest absolute Gasteiger partial charge is 0.290 e. The van der Waals surface area contributed by atoms with Gasteiger partial charge >= 0.3 is 0 Å². The molecule has 0 saturated carbocycles. The number of likely N-dealkylation sites (tertiary alicyclic amines) is 1. The molecule has 3 aromatic rings. The lowest BCUT2D eigenvalue weighted by Crippen LogP contribution is -2.30. The average Bonchev–Trinajstić information content (AvgIpc) is 3.42. The Morgan fingerprint density at radius 1 is 1.28 bits per heavy atom. The van der Waals surface area contributed by atoms with Gasteiger partial charge in [0.1, 0.15) is 11.8 Å². The second-order valence-electron chi connectivity index (χ2n) is 5.82. The summed E-state index contributed by atoms with van der Waals surface area (Å²) in [5.74, 6) is 1.87. The second kappa shape index (κ2) is 6.43. The van der Waals surface area contributed by atoms with E-state index in [2.05, 4.69) is 10.1 Å². The minimum absolute atomic E-state index is 0.156. The summed E-state index contributed by atoms with van der Waals surface area (Å²) in [7, 11) is 1.62. The molecule has 0 radical (unpaired) electrons. The van der Waals surface area contributed by atoms with E-state index >= 15 is 0 Å². The van der Waals surface area contributed by atoms with E-state index in [0.29, 0.717) is 24.0 Å². The highest BCUT2D eigenvalue weighted by Gasteiger charge is 2.35. The SMILES string of the molecule is COc1ccc(-c2noc([C@@H]3CCCN3C(=O)c3ccco3)n2)cc1. The minimum atomic E-state index is -0.225. The van der Waals surface area contributed by atoms with Gasteiger partial charge < -0.3 is 18.6 Å². The molecule has 1 fully saturated rings. The van der Waals surface area contributed by atoms with Gasteiger partial charge in [0, 0.05) is 12.1 Å². The number of hydrogen-bond acceptors (Lipinski definition) is 6. The number of ether oxygens (including phenoxy) is 1. The molecule has 0 aliphatic carbocycles. The van der Waals surface area contributed by atoms with Gasteiger partial charge in [0.25, 0.3) is 5.91 Å². The zero-order valence-corrected chi connectivity index (χ0v) is 13.7. The van der Waals surface area contributed by atoms with E-state index in [1.165, 1.54) is 6.26 Å². The fraction of sp³-hybridized carbons (Fsp3) is 0.278. The molecule has 0 spiro atoms. The fourth-order valence-electron chi connectivity index (χ4n) is 3.04. The number of hydrogen-bond donors (Lipinski definition) is 0. The van der Waals surface area contributed by atoms with Crippen LogP contribution in [0.2, 0.25) is 0 Å². The molecule has 7 heteroatoms. The van der Waals surface area contributed by atoms with Crippen molar-refractivity contribution in [2.45, 2.75) is 18.9 Å². The van der Waals surface area contributed by atoms with Crippen molar-refractivity contribution >= 4 is 5.91 Å². The molecule has 4 rings (SSSR count). The summed E-state index contributed by atoms with van der Waals surface area (Å²) >= 11 is 0. The summed E-state index contributed by atoms with van der Waals surface area (Å²) < 4.78 is 15.8. The third kappa shape index (κ3) is 2.88. The molecule has 128 valence electrons. The molecule has 1 aliphatic heterocycles. The third-order valence-electron chi connectivity index (χ3n) is 4.32. The van der Waals surface area contributed by atoms with E-state index < -0.39 is 0 Å². The number of furan rings is 1. The fourth-order valence-corrected chi connectivity index (χ4v) is 3.04. The number of carbonyl (C=O) groups excluding carboxylic acids is 1. The van der Waals surface area contributed by atoms with Gasteiger partial charge in [-0.15, -0.1) is 0 Å². The minimum Gasteiger partial charge on any atom is -0.497 e. The summed E-state index contributed by atoms with van der Waals surface area (Å²) in [5, 5.41) is 4.05. The molecule has 0 unspecified atom stereocenters. The molecule has 1 aromatic carbocycles. The third-order valence-corrected chi connectivity index (χ3v) is 4.32. The highest BCUT2D eigenvalue weighted by Crippen LogP contribution is 2.33. The number of nitrogens with zero attached hydrogens (tertiary/aromatic N) is 3. The van der Waals surface area contributed by atoms with Crippen LogP contribution < -0.4 is 4.74 Å². The van der Waals surface area contributed by atoms with Crippen LogP contribution in [0.25, 0.3) is 11.4 Å². The lowest BCUT2D eigenvalue weighted by atomic mass is 10.2. The van der Waals surface area contributed by atoms with Crippen LogP contribution >= 0.6 is 0 Å². The predicted octanol–water partition coefficient (Wildman–Crippen LogP) is 3.32. The molecule has 25 heavy (non-hydrogen) atoms. The quantitative estimate of drug-likeness (QED) is 0.725. The maximum atomic E-state index is 12.6. The Morgan fingerprint density at radius 3 is 2.84 bits per heavy atom. The van der Waals surface area contributed by atoms with Crippen LogP contribution in [0, 0.1) is 0 Å². The van der Waals surface area contributed by atoms with Crippen molar-refractivity contribution in [3.8, 4) is 17.1 Å². The zero-order chi connectivity index (χ0) is 17.2. The van der Waals surface area contributed by atoms with Crippen LogP contribution in [-0.2, 0) is 0 Å². The van der Waals surface area contributed by atoms with Gasteiger partial charge in [-0.1, -0.05) is 5.16 Å². The molecule has 0 bridgehead atoms. The molecular weight excluding hydrogens is 322 g/mol. The standard InChI is InChI=1S/C18H17N3O4/c1-23-13-8-6-12(7-9-13)16-19-17(25-20-16)14-4-2-10-21(14)18(22)15-5-3-11-24-15/h3,5-9,11,14H,2,4,10H2,1H3/t14-/m0/s1. The number of methoxy groups -OCH3 is 1. The van der Waals surface area contributed by atoms with Crippen molar-refractivity contribution in [2.75, 3.05) is 13.7 Å². The molecule has 1 aliphatic rings. The zero-order valence-electron chi connectivity index (χ0n) is 13.7. The molecular formula is C18H17N3O4. The summed E-state index contributed by atoms with van der Waals surface area (Å²) in [6.45, 7) is 0.643. The first kappa shape index (κ1) is 15.4. The Kier molecular flexibility index (Phi) is 3.97. The van der Waals surface area contributed by atoms with Crippen molar-refractivity contribution in [2.24, 2.45) is 0 Å². The lowest BCUT2D eigenvalue weighted by molar-refractivity contribution is 0.0678. The van der Waals surface area contributed by atoms with Gasteiger partial charge in [-0.05, 0) is 49.2 Å². The predicted molar refractivity (Wildman–Crippen MR) is 88.0 cm³/mol. The van der Waals surface area contributed by atoms with Gasteiger partial charge in [-0.3, -0.25) is 4.79 Å². The number of amides is 1. The molecule has 7 nitrogen and oxygen atoms in total. The van der Waals surface area contributed by atoms with Gasteiger partial charge in [-0.2, -0.15) is 4.98 Å². The monoisotopic (exact) mass is 339 g/mol. The Balaban J connectivity index is 1.57. The number of aromatic nitrogens is 2. The Hall–Kier alpha value is -3.09. The van der Waals surface area contributed by atoms with E-state index in [1.807, 2.05) is 24.3 Å². The van der Waals surface area contributed by atoms with E-state index in [9.17, 15) is 4.79 Å². The van der Waals surface area contributed by atoms with Crippen molar-refractivity contribution in [1.82, 2.24) is 15.0 Å². The van der Waals surface area contributed by atoms with Gasteiger partial charge in [0.2, 0.25) is 11.7 Å². The summed E-state index contributed by atoms with van der Waals surface area (Å²) in [5.41, 5.74) is 0.831. The van der Waals surface area contributed by atoms with E-state index in [4.69, 9.17) is 13.7 Å². The van der Waals surface area contributed by atoms with Crippen molar-refractivity contribution in [1.29, 1.82) is 0 Å². The summed E-state index contributed by atoms with van der Waals surface area (Å²) in [6, 6.07) is 10.6. The van der Waals surface area contributed by atoms with Gasteiger partial charge in [0.15, 0.2) is 5.76 Å². The first-order chi connectivity index (χ1) is 12.3. The van der Waals surface area contributed by atoms with Crippen LogP contribution in [0.15, 0.2) is 51.6 Å². The topological polar surface area (TPSA) is 81.6 Å². The van der Waals surface area contributed by atoms with Crippen LogP contribution in [0.1, 0.15) is 35.3 Å². The molecule has 1 saturated heterocycles. The highest BCUT2D eigenvalue weighted by atomic mass is 16.5. The molecule has 1 amide bonds. The van der Waals surface area contributed by atoms with Crippen LogP contribution in [0.5, 0.6) is 5.75 Å². The van der Waals surface area contributed by atoms with Crippen molar-refractivity contribution < 1.29 is 18.5 Å². The number of rotatable bonds is 4. The van der Waals surface area contributed by atoms with E-state index in [-0.39, 0.29) is 11.9 Å². The lowest BCUT2D eigenvalue weighted by Gasteiger charge is -2.20. The molecule has 0 N–H and O–H groups in total. The molecule has 2 aromatic heterocycles. The first-order valence-corrected chi connectivity index (χ1v) is 8.09. The van der Waals surface area contributed by atoms with Crippen molar-refractivity contribution in [3.05, 3.63) is 54.3 Å². The van der Waals surface area contributed by atoms with Crippen LogP contribution in [-0.4, -0.2) is 34.6 Å². The van der Waals surface area contributed by atoms with E-state index in [1.54, 1.807) is 24.1 Å². The second-order valence-corrected chi connectivity index (χ2v) is 5.82. The summed E-state index contributed by atoms with van der Waals surface area (Å²) in [6.07, 6.45) is 3.17. The first-order valence-electron chi connectivity index (χ1n) is 8.09. The Bertz CT molecular complexity index is 855. The number of benzene rings is 1. The largest absolute Gasteiger partial charge is 0.497 e. The summed E-state index contributed by atoms with van der Waals surface area (Å²) in [4.78, 5) is 18.8. The highest BCUT2D eigenvalue weighted by molar-refractivity contribution is 5.91. The van der Waals surface area contributed by atoms with Gasteiger partial charge in [-0.25, -0.2) is 0 Å². The molecule has 1 atom stereocenters. The Morgan fingerprint density at radius 2 is 2.12 bits per heavy atom. The number of carbonyl (C=O) groups is 1. The molecule has 3 heterocycles. The van der Waals surface area contributed by atoms with Crippen LogP contribution in [0.3, 0.4) is 0 Å². The normalized spacial score (nSPS) is 17.0. The van der Waals surface area contributed by atoms with E-state index in [0.717, 1.165) is 24.2 Å². The van der Waals surface area contributed by atoms with Crippen molar-refractivity contribution in [3.63, 3.8) is 0 Å². The average molecular weight is 339 g/mol.